The van der Waals surface area contributed by atoms with E-state index in [1.54, 1.807) is 25.1 Å². The maximum atomic E-state index is 12.0. The molecule has 10 nitrogen and oxygen atoms in total. The van der Waals surface area contributed by atoms with E-state index in [-0.39, 0.29) is 50.0 Å². The molecule has 1 fully saturated rings. The summed E-state index contributed by atoms with van der Waals surface area (Å²) in [7, 11) is 0. The number of benzene rings is 3. The quantitative estimate of drug-likeness (QED) is 0.168. The Hall–Kier alpha value is -3.90. The molecule has 1 aliphatic rings. The van der Waals surface area contributed by atoms with Crippen molar-refractivity contribution < 1.29 is 38.8 Å². The number of carboxylic acids is 1. The summed E-state index contributed by atoms with van der Waals surface area (Å²) < 4.78 is 17.7. The average molecular weight is 609 g/mol. The molecule has 0 aromatic heterocycles. The van der Waals surface area contributed by atoms with Gasteiger partial charge in [-0.25, -0.2) is 9.59 Å². The zero-order valence-corrected chi connectivity index (χ0v) is 24.8. The summed E-state index contributed by atoms with van der Waals surface area (Å²) in [6.45, 7) is 3.98. The van der Waals surface area contributed by atoms with Gasteiger partial charge in [-0.1, -0.05) is 67.6 Å². The van der Waals surface area contributed by atoms with Crippen molar-refractivity contribution in [2.75, 3.05) is 18.9 Å². The van der Waals surface area contributed by atoms with E-state index in [2.05, 4.69) is 17.6 Å². The van der Waals surface area contributed by atoms with Gasteiger partial charge in [-0.05, 0) is 35.7 Å². The van der Waals surface area contributed by atoms with Crippen molar-refractivity contribution >= 4 is 29.7 Å². The molecule has 2 amide bonds. The minimum absolute atomic E-state index is 0.0520. The van der Waals surface area contributed by atoms with Gasteiger partial charge in [0.25, 0.3) is 0 Å². The number of ether oxygens (including phenoxy) is 3. The van der Waals surface area contributed by atoms with Gasteiger partial charge in [-0.3, -0.25) is 4.79 Å². The topological polar surface area (TPSA) is 143 Å². The van der Waals surface area contributed by atoms with Gasteiger partial charge in [-0.15, -0.1) is 11.8 Å². The Morgan fingerprint density at radius 3 is 2.26 bits per heavy atom. The standard InChI is InChI=1S/C32H36N2O8S/c1-3-40-28(36)17-34-32(39)33-16-21-8-14-24(15-9-21)31-41-26(19-43-27-7-5-4-6-25(27)30(37)38)20(2)29(42-31)23-12-10-22(18-35)11-13-23/h4-15,20,26,29,31,35H,3,16-19H2,1-2H3,(H,37,38)(H2,33,34,39)/t20-,26+,29+,31+/m0/s1. The van der Waals surface area contributed by atoms with Crippen molar-refractivity contribution in [1.29, 1.82) is 0 Å². The highest BCUT2D eigenvalue weighted by molar-refractivity contribution is 7.99. The second-order valence-corrected chi connectivity index (χ2v) is 11.1. The predicted octanol–water partition coefficient (Wildman–Crippen LogP) is 4.82. The van der Waals surface area contributed by atoms with Crippen LogP contribution in [-0.2, 0) is 32.2 Å². The van der Waals surface area contributed by atoms with Crippen LogP contribution in [0.4, 0.5) is 4.79 Å². The fourth-order valence-electron chi connectivity index (χ4n) is 4.65. The third-order valence-corrected chi connectivity index (χ3v) is 8.21. The number of aliphatic hydroxyl groups is 1. The van der Waals surface area contributed by atoms with Crippen LogP contribution < -0.4 is 10.6 Å². The number of amides is 2. The molecule has 11 heteroatoms. The third-order valence-electron chi connectivity index (χ3n) is 7.05. The first-order valence-corrected chi connectivity index (χ1v) is 15.0. The van der Waals surface area contributed by atoms with Gasteiger partial charge < -0.3 is 35.1 Å². The molecule has 4 N–H and O–H groups in total. The molecule has 4 rings (SSSR count). The van der Waals surface area contributed by atoms with Crippen LogP contribution in [-0.4, -0.2) is 53.2 Å². The number of carboxylic acid groups (broad SMARTS) is 1. The van der Waals surface area contributed by atoms with Crippen molar-refractivity contribution in [1.82, 2.24) is 10.6 Å². The number of urea groups is 1. The number of aromatic carboxylic acids is 1. The number of thioether (sulfide) groups is 1. The molecule has 4 atom stereocenters. The molecule has 1 heterocycles. The van der Waals surface area contributed by atoms with E-state index in [9.17, 15) is 24.6 Å². The molecule has 0 bridgehead atoms. The van der Waals surface area contributed by atoms with Gasteiger partial charge in [0.2, 0.25) is 0 Å². The van der Waals surface area contributed by atoms with Crippen molar-refractivity contribution in [2.45, 2.75) is 50.4 Å². The van der Waals surface area contributed by atoms with Gasteiger partial charge in [0.1, 0.15) is 6.54 Å². The summed E-state index contributed by atoms with van der Waals surface area (Å²) in [5.74, 6) is -1.03. The smallest absolute Gasteiger partial charge is 0.336 e. The lowest BCUT2D eigenvalue weighted by Crippen LogP contribution is -2.39. The highest BCUT2D eigenvalue weighted by Gasteiger charge is 2.38. The van der Waals surface area contributed by atoms with Gasteiger partial charge in [0, 0.05) is 28.7 Å². The lowest BCUT2D eigenvalue weighted by molar-refractivity contribution is -0.268. The number of nitrogens with one attached hydrogen (secondary N) is 2. The van der Waals surface area contributed by atoms with Crippen molar-refractivity contribution in [3.8, 4) is 0 Å². The minimum Gasteiger partial charge on any atom is -0.478 e. The number of carbonyl (C=O) groups excluding carboxylic acids is 2. The molecule has 228 valence electrons. The summed E-state index contributed by atoms with van der Waals surface area (Å²) in [6.07, 6.45) is -1.26. The summed E-state index contributed by atoms with van der Waals surface area (Å²) >= 11 is 1.44. The predicted molar refractivity (Wildman–Crippen MR) is 160 cm³/mol. The first-order valence-electron chi connectivity index (χ1n) is 14.0. The van der Waals surface area contributed by atoms with Crippen LogP contribution in [0.1, 0.15) is 58.9 Å². The first kappa shape index (κ1) is 32.0. The zero-order chi connectivity index (χ0) is 30.8. The molecule has 1 saturated heterocycles. The summed E-state index contributed by atoms with van der Waals surface area (Å²) in [6, 6.07) is 21.5. The normalized spacial score (nSPS) is 19.8. The molecule has 1 aliphatic heterocycles. The van der Waals surface area contributed by atoms with Crippen LogP contribution in [0.5, 0.6) is 0 Å². The zero-order valence-electron chi connectivity index (χ0n) is 24.0. The second kappa shape index (κ2) is 15.5. The molecule has 0 radical (unpaired) electrons. The van der Waals surface area contributed by atoms with Crippen LogP contribution in [0.15, 0.2) is 77.7 Å². The number of rotatable bonds is 12. The van der Waals surface area contributed by atoms with Gasteiger partial charge in [0.05, 0.1) is 31.0 Å². The van der Waals surface area contributed by atoms with E-state index >= 15 is 0 Å². The maximum absolute atomic E-state index is 12.0. The Balaban J connectivity index is 1.46. The average Bonchev–Trinajstić information content (AvgIpc) is 3.03. The molecular formula is C32H36N2O8S. The summed E-state index contributed by atoms with van der Waals surface area (Å²) in [4.78, 5) is 35.8. The fraction of sp³-hybridized carbons (Fsp3) is 0.344. The number of hydrogen-bond acceptors (Lipinski definition) is 8. The van der Waals surface area contributed by atoms with E-state index in [1.807, 2.05) is 54.6 Å². The largest absolute Gasteiger partial charge is 0.478 e. The van der Waals surface area contributed by atoms with Crippen LogP contribution >= 0.6 is 11.8 Å². The minimum atomic E-state index is -0.977. The lowest BCUT2D eigenvalue weighted by atomic mass is 9.91. The SMILES string of the molecule is CCOC(=O)CNC(=O)NCc1ccc([C@@H]2O[C@H](CSc3ccccc3C(=O)O)[C@H](C)[C@H](c3ccc(CO)cc3)O2)cc1. The summed E-state index contributed by atoms with van der Waals surface area (Å²) in [5.41, 5.74) is 3.64. The number of esters is 1. The Morgan fingerprint density at radius 2 is 1.58 bits per heavy atom. The van der Waals surface area contributed by atoms with Crippen LogP contribution in [0.3, 0.4) is 0 Å². The van der Waals surface area contributed by atoms with Gasteiger partial charge in [0.15, 0.2) is 6.29 Å². The fourth-order valence-corrected chi connectivity index (χ4v) is 5.86. The Labute approximate surface area is 254 Å². The molecule has 3 aromatic carbocycles. The van der Waals surface area contributed by atoms with E-state index < -0.39 is 24.3 Å². The molecular weight excluding hydrogens is 572 g/mol. The molecule has 43 heavy (non-hydrogen) atoms. The number of hydrogen-bond donors (Lipinski definition) is 4. The van der Waals surface area contributed by atoms with Crippen LogP contribution in [0, 0.1) is 5.92 Å². The summed E-state index contributed by atoms with van der Waals surface area (Å²) in [5, 5.41) is 24.3. The molecule has 3 aromatic rings. The highest BCUT2D eigenvalue weighted by Crippen LogP contribution is 2.43. The van der Waals surface area contributed by atoms with E-state index in [0.717, 1.165) is 22.3 Å². The first-order chi connectivity index (χ1) is 20.8. The van der Waals surface area contributed by atoms with E-state index in [1.165, 1.54) is 11.8 Å². The monoisotopic (exact) mass is 608 g/mol. The van der Waals surface area contributed by atoms with Crippen LogP contribution in [0.2, 0.25) is 0 Å². The molecule has 0 aliphatic carbocycles. The van der Waals surface area contributed by atoms with Crippen molar-refractivity contribution in [2.24, 2.45) is 5.92 Å². The van der Waals surface area contributed by atoms with E-state index in [4.69, 9.17) is 14.2 Å². The Bertz CT molecular complexity index is 1380. The van der Waals surface area contributed by atoms with Gasteiger partial charge in [-0.2, -0.15) is 0 Å². The maximum Gasteiger partial charge on any atom is 0.336 e. The Kier molecular flexibility index (Phi) is 11.6. The lowest BCUT2D eigenvalue weighted by Gasteiger charge is -2.41. The highest BCUT2D eigenvalue weighted by atomic mass is 32.2. The van der Waals surface area contributed by atoms with Crippen molar-refractivity contribution in [3.63, 3.8) is 0 Å². The Morgan fingerprint density at radius 1 is 0.907 bits per heavy atom. The molecule has 0 saturated carbocycles. The van der Waals surface area contributed by atoms with E-state index in [0.29, 0.717) is 10.6 Å². The number of carbonyl (C=O) groups is 3. The second-order valence-electron chi connectivity index (χ2n) is 10.0. The molecule has 0 unspecified atom stereocenters. The number of aliphatic hydroxyl groups excluding tert-OH is 1. The van der Waals surface area contributed by atoms with Crippen molar-refractivity contribution in [3.05, 3.63) is 101 Å². The third kappa shape index (κ3) is 8.80. The van der Waals surface area contributed by atoms with Crippen LogP contribution in [0.25, 0.3) is 0 Å². The van der Waals surface area contributed by atoms with Gasteiger partial charge >= 0.3 is 18.0 Å². The molecule has 0 spiro atoms.